The number of H-pyrrole nitrogens is 1. The van der Waals surface area contributed by atoms with E-state index in [4.69, 9.17) is 11.6 Å². The average molecular weight is 275 g/mol. The Kier molecular flexibility index (Phi) is 2.80. The molecular formula is C14H8ClFN2O. The first-order valence-electron chi connectivity index (χ1n) is 5.57. The van der Waals surface area contributed by atoms with Crippen molar-refractivity contribution >= 4 is 28.8 Å². The van der Waals surface area contributed by atoms with Gasteiger partial charge in [-0.2, -0.15) is 0 Å². The largest absolute Gasteiger partial charge is 0.352 e. The van der Waals surface area contributed by atoms with Crippen LogP contribution < -0.4 is 0 Å². The number of pyridine rings is 1. The number of aromatic amines is 1. The lowest BCUT2D eigenvalue weighted by atomic mass is 10.1. The van der Waals surface area contributed by atoms with Crippen molar-refractivity contribution in [2.24, 2.45) is 0 Å². The van der Waals surface area contributed by atoms with Crippen LogP contribution in [-0.4, -0.2) is 16.3 Å². The summed E-state index contributed by atoms with van der Waals surface area (Å²) in [6.45, 7) is 0. The summed E-state index contributed by atoms with van der Waals surface area (Å²) in [6.07, 6.45) is 3.92. The minimum Gasteiger partial charge on any atom is -0.352 e. The number of aldehydes is 1. The lowest BCUT2D eigenvalue weighted by Gasteiger charge is -1.98. The van der Waals surface area contributed by atoms with E-state index in [1.807, 2.05) is 0 Å². The van der Waals surface area contributed by atoms with Gasteiger partial charge in [0.1, 0.15) is 5.82 Å². The Morgan fingerprint density at radius 1 is 1.26 bits per heavy atom. The Morgan fingerprint density at radius 2 is 2.00 bits per heavy atom. The number of carbonyl (C=O) groups is 1. The summed E-state index contributed by atoms with van der Waals surface area (Å²) in [4.78, 5) is 18.1. The normalized spacial score (nSPS) is 10.8. The minimum absolute atomic E-state index is 0.258. The van der Waals surface area contributed by atoms with Gasteiger partial charge < -0.3 is 4.98 Å². The molecule has 94 valence electrons. The molecule has 0 atom stereocenters. The number of rotatable bonds is 2. The molecule has 1 N–H and O–H groups in total. The topological polar surface area (TPSA) is 45.8 Å². The summed E-state index contributed by atoms with van der Waals surface area (Å²) in [5, 5.41) is 0.736. The highest BCUT2D eigenvalue weighted by Crippen LogP contribution is 2.32. The molecule has 3 rings (SSSR count). The third kappa shape index (κ3) is 1.90. The van der Waals surface area contributed by atoms with E-state index < -0.39 is 5.82 Å². The number of halogens is 2. The summed E-state index contributed by atoms with van der Waals surface area (Å²) in [7, 11) is 0. The number of nitrogens with one attached hydrogen (secondary N) is 1. The molecule has 2 aromatic heterocycles. The first-order valence-corrected chi connectivity index (χ1v) is 5.95. The van der Waals surface area contributed by atoms with Crippen LogP contribution in [0.2, 0.25) is 5.02 Å². The van der Waals surface area contributed by atoms with Crippen LogP contribution in [0.3, 0.4) is 0 Å². The highest BCUT2D eigenvalue weighted by Gasteiger charge is 2.15. The summed E-state index contributed by atoms with van der Waals surface area (Å²) in [5.74, 6) is -0.481. The predicted molar refractivity (Wildman–Crippen MR) is 71.9 cm³/mol. The van der Waals surface area contributed by atoms with E-state index in [1.54, 1.807) is 30.6 Å². The quantitative estimate of drug-likeness (QED) is 0.722. The van der Waals surface area contributed by atoms with E-state index in [0.717, 1.165) is 5.56 Å². The summed E-state index contributed by atoms with van der Waals surface area (Å²) in [5.41, 5.74) is 2.00. The molecule has 0 saturated carbocycles. The SMILES string of the molecule is O=Cc1c(-c2ccncc2)[nH]c2c(F)cc(Cl)cc12. The van der Waals surface area contributed by atoms with Crippen LogP contribution in [0.5, 0.6) is 0 Å². The highest BCUT2D eigenvalue weighted by atomic mass is 35.5. The zero-order chi connectivity index (χ0) is 13.4. The maximum absolute atomic E-state index is 13.8. The zero-order valence-electron chi connectivity index (χ0n) is 9.65. The van der Waals surface area contributed by atoms with Gasteiger partial charge in [-0.1, -0.05) is 11.6 Å². The lowest BCUT2D eigenvalue weighted by molar-refractivity contribution is 0.112. The Hall–Kier alpha value is -2.20. The second-order valence-corrected chi connectivity index (χ2v) is 4.51. The third-order valence-electron chi connectivity index (χ3n) is 2.95. The van der Waals surface area contributed by atoms with Crippen molar-refractivity contribution in [2.45, 2.75) is 0 Å². The standard InChI is InChI=1S/C14H8ClFN2O/c15-9-5-10-11(7-19)13(8-1-3-17-4-2-8)18-14(10)12(16)6-9/h1-7,18H. The number of carbonyl (C=O) groups excluding carboxylic acids is 1. The van der Waals surface area contributed by atoms with Crippen LogP contribution in [0.4, 0.5) is 4.39 Å². The second kappa shape index (κ2) is 4.48. The van der Waals surface area contributed by atoms with Crippen molar-refractivity contribution in [3.63, 3.8) is 0 Å². The third-order valence-corrected chi connectivity index (χ3v) is 3.17. The van der Waals surface area contributed by atoms with Gasteiger partial charge in [0.25, 0.3) is 0 Å². The van der Waals surface area contributed by atoms with Crippen molar-refractivity contribution in [3.05, 3.63) is 53.1 Å². The van der Waals surface area contributed by atoms with E-state index in [0.29, 0.717) is 22.9 Å². The fourth-order valence-corrected chi connectivity index (χ4v) is 2.31. The maximum atomic E-state index is 13.8. The van der Waals surface area contributed by atoms with E-state index in [9.17, 15) is 9.18 Å². The van der Waals surface area contributed by atoms with E-state index >= 15 is 0 Å². The van der Waals surface area contributed by atoms with Crippen molar-refractivity contribution in [1.29, 1.82) is 0 Å². The summed E-state index contributed by atoms with van der Waals surface area (Å²) in [6, 6.07) is 6.28. The second-order valence-electron chi connectivity index (χ2n) is 4.08. The number of aromatic nitrogens is 2. The zero-order valence-corrected chi connectivity index (χ0v) is 10.4. The fourth-order valence-electron chi connectivity index (χ4n) is 2.11. The van der Waals surface area contributed by atoms with Gasteiger partial charge in [0.2, 0.25) is 0 Å². The molecule has 2 heterocycles. The molecule has 0 saturated heterocycles. The Balaban J connectivity index is 2.38. The minimum atomic E-state index is -0.481. The summed E-state index contributed by atoms with van der Waals surface area (Å²) < 4.78 is 13.8. The number of hydrogen-bond donors (Lipinski definition) is 1. The molecule has 3 aromatic rings. The average Bonchev–Trinajstić information content (AvgIpc) is 2.78. The van der Waals surface area contributed by atoms with Crippen LogP contribution in [-0.2, 0) is 0 Å². The molecule has 0 aliphatic rings. The van der Waals surface area contributed by atoms with Gasteiger partial charge in [-0.3, -0.25) is 9.78 Å². The number of benzene rings is 1. The first kappa shape index (κ1) is 11.9. The van der Waals surface area contributed by atoms with Crippen LogP contribution in [0, 0.1) is 5.82 Å². The van der Waals surface area contributed by atoms with Crippen LogP contribution in [0.15, 0.2) is 36.7 Å². The smallest absolute Gasteiger partial charge is 0.152 e. The molecule has 0 aliphatic carbocycles. The van der Waals surface area contributed by atoms with Crippen molar-refractivity contribution < 1.29 is 9.18 Å². The summed E-state index contributed by atoms with van der Waals surface area (Å²) >= 11 is 5.83. The molecule has 0 spiro atoms. The molecule has 3 nitrogen and oxygen atoms in total. The molecule has 0 radical (unpaired) electrons. The molecule has 0 unspecified atom stereocenters. The predicted octanol–water partition coefficient (Wildman–Crippen LogP) is 3.83. The Morgan fingerprint density at radius 3 is 2.68 bits per heavy atom. The van der Waals surface area contributed by atoms with Crippen molar-refractivity contribution in [3.8, 4) is 11.3 Å². The number of hydrogen-bond acceptors (Lipinski definition) is 2. The highest BCUT2D eigenvalue weighted by molar-refractivity contribution is 6.31. The van der Waals surface area contributed by atoms with Crippen molar-refractivity contribution in [1.82, 2.24) is 9.97 Å². The fraction of sp³-hybridized carbons (Fsp3) is 0. The van der Waals surface area contributed by atoms with Gasteiger partial charge in [-0.15, -0.1) is 0 Å². The Bertz CT molecular complexity index is 768. The van der Waals surface area contributed by atoms with Gasteiger partial charge in [0, 0.05) is 33.9 Å². The molecule has 0 bridgehead atoms. The van der Waals surface area contributed by atoms with Gasteiger partial charge >= 0.3 is 0 Å². The molecule has 5 heteroatoms. The maximum Gasteiger partial charge on any atom is 0.152 e. The van der Waals surface area contributed by atoms with Gasteiger partial charge in [-0.25, -0.2) is 4.39 Å². The molecule has 1 aromatic carbocycles. The molecule has 0 amide bonds. The molecule has 19 heavy (non-hydrogen) atoms. The molecular weight excluding hydrogens is 267 g/mol. The molecule has 0 aliphatic heterocycles. The Labute approximate surface area is 113 Å². The lowest BCUT2D eigenvalue weighted by Crippen LogP contribution is -1.84. The monoisotopic (exact) mass is 274 g/mol. The van der Waals surface area contributed by atoms with E-state index in [1.165, 1.54) is 6.07 Å². The van der Waals surface area contributed by atoms with Crippen molar-refractivity contribution in [2.75, 3.05) is 0 Å². The van der Waals surface area contributed by atoms with E-state index in [-0.39, 0.29) is 10.5 Å². The van der Waals surface area contributed by atoms with Crippen LogP contribution in [0.25, 0.3) is 22.2 Å². The van der Waals surface area contributed by atoms with Gasteiger partial charge in [-0.05, 0) is 24.3 Å². The van der Waals surface area contributed by atoms with Gasteiger partial charge in [0.05, 0.1) is 11.2 Å². The van der Waals surface area contributed by atoms with Crippen LogP contribution in [0.1, 0.15) is 10.4 Å². The van der Waals surface area contributed by atoms with Gasteiger partial charge in [0.15, 0.2) is 6.29 Å². The molecule has 0 fully saturated rings. The number of nitrogens with zero attached hydrogens (tertiary/aromatic N) is 1. The number of fused-ring (bicyclic) bond motifs is 1. The first-order chi connectivity index (χ1) is 9.20. The van der Waals surface area contributed by atoms with Crippen LogP contribution >= 0.6 is 11.6 Å². The van der Waals surface area contributed by atoms with E-state index in [2.05, 4.69) is 9.97 Å².